The summed E-state index contributed by atoms with van der Waals surface area (Å²) in [6.45, 7) is 7.42. The van der Waals surface area contributed by atoms with Gasteiger partial charge in [-0.15, -0.1) is 24.0 Å². The predicted octanol–water partition coefficient (Wildman–Crippen LogP) is 1.61. The number of rotatable bonds is 8. The summed E-state index contributed by atoms with van der Waals surface area (Å²) in [6.07, 6.45) is 3.51. The van der Waals surface area contributed by atoms with Gasteiger partial charge in [0.25, 0.3) is 0 Å². The Balaban J connectivity index is 0. The van der Waals surface area contributed by atoms with Gasteiger partial charge in [-0.1, -0.05) is 20.3 Å². The van der Waals surface area contributed by atoms with Crippen LogP contribution in [0.3, 0.4) is 0 Å². The molecule has 0 aromatic heterocycles. The van der Waals surface area contributed by atoms with Gasteiger partial charge in [0.15, 0.2) is 5.96 Å². The lowest BCUT2D eigenvalue weighted by Gasteiger charge is -2.11. The molecule has 0 radical (unpaired) electrons. The molecule has 0 aromatic rings. The van der Waals surface area contributed by atoms with Crippen LogP contribution in [0.5, 0.6) is 0 Å². The fourth-order valence-corrected chi connectivity index (χ4v) is 1.17. The Hall–Kier alpha value is -0.530. The minimum atomic E-state index is 0. The molecule has 1 amide bonds. The van der Waals surface area contributed by atoms with E-state index in [4.69, 9.17) is 5.73 Å². The summed E-state index contributed by atoms with van der Waals surface area (Å²) in [6, 6.07) is 0.234. The molecule has 0 bridgehead atoms. The number of nitrogens with zero attached hydrogens (tertiary/aromatic N) is 1. The first-order chi connectivity index (χ1) is 8.10. The minimum absolute atomic E-state index is 0. The van der Waals surface area contributed by atoms with Gasteiger partial charge in [0.05, 0.1) is 0 Å². The zero-order valence-corrected chi connectivity index (χ0v) is 14.0. The van der Waals surface area contributed by atoms with E-state index in [-0.39, 0.29) is 35.9 Å². The lowest BCUT2D eigenvalue weighted by molar-refractivity contribution is -0.121. The van der Waals surface area contributed by atoms with E-state index in [1.165, 1.54) is 0 Å². The number of amides is 1. The van der Waals surface area contributed by atoms with Crippen molar-refractivity contribution in [2.24, 2.45) is 10.7 Å². The third-order valence-corrected chi connectivity index (χ3v) is 2.47. The summed E-state index contributed by atoms with van der Waals surface area (Å²) in [7, 11) is 0. The second-order valence-electron chi connectivity index (χ2n) is 4.17. The van der Waals surface area contributed by atoms with Crippen molar-refractivity contribution in [3.05, 3.63) is 0 Å². The number of nitrogens with one attached hydrogen (secondary N) is 2. The van der Waals surface area contributed by atoms with Crippen LogP contribution in [-0.2, 0) is 4.79 Å². The van der Waals surface area contributed by atoms with E-state index in [1.807, 2.05) is 13.8 Å². The molecule has 0 saturated heterocycles. The maximum absolute atomic E-state index is 11.4. The Kier molecular flexibility index (Phi) is 14.2. The quantitative estimate of drug-likeness (QED) is 0.263. The normalized spacial score (nSPS) is 12.5. The highest BCUT2D eigenvalue weighted by atomic mass is 127. The lowest BCUT2D eigenvalue weighted by atomic mass is 10.2. The van der Waals surface area contributed by atoms with Gasteiger partial charge in [-0.05, 0) is 19.8 Å². The third kappa shape index (κ3) is 11.9. The van der Waals surface area contributed by atoms with Gasteiger partial charge in [0.2, 0.25) is 5.91 Å². The maximum Gasteiger partial charge on any atom is 0.221 e. The smallest absolute Gasteiger partial charge is 0.221 e. The molecular formula is C12H27IN4O. The van der Waals surface area contributed by atoms with Crippen molar-refractivity contribution in [3.63, 3.8) is 0 Å². The number of nitrogens with two attached hydrogens (primary N) is 1. The molecule has 1 unspecified atom stereocenters. The molecule has 0 aliphatic rings. The van der Waals surface area contributed by atoms with Crippen LogP contribution in [0.4, 0.5) is 0 Å². The van der Waals surface area contributed by atoms with E-state index in [0.29, 0.717) is 18.9 Å². The number of guanidine groups is 1. The van der Waals surface area contributed by atoms with Gasteiger partial charge in [-0.25, -0.2) is 0 Å². The fraction of sp³-hybridized carbons (Fsp3) is 0.833. The summed E-state index contributed by atoms with van der Waals surface area (Å²) >= 11 is 0. The van der Waals surface area contributed by atoms with E-state index in [9.17, 15) is 4.79 Å². The first-order valence-electron chi connectivity index (χ1n) is 6.43. The van der Waals surface area contributed by atoms with Gasteiger partial charge in [0, 0.05) is 25.6 Å². The molecule has 4 N–H and O–H groups in total. The van der Waals surface area contributed by atoms with Crippen LogP contribution in [0.2, 0.25) is 0 Å². The van der Waals surface area contributed by atoms with Crippen LogP contribution in [0, 0.1) is 0 Å². The van der Waals surface area contributed by atoms with E-state index in [1.54, 1.807) is 0 Å². The molecule has 0 rings (SSSR count). The molecule has 0 fully saturated rings. The summed E-state index contributed by atoms with van der Waals surface area (Å²) in [5.41, 5.74) is 5.64. The summed E-state index contributed by atoms with van der Waals surface area (Å²) in [4.78, 5) is 15.6. The molecule has 1 atom stereocenters. The number of hydrogen-bond acceptors (Lipinski definition) is 2. The van der Waals surface area contributed by atoms with Crippen molar-refractivity contribution in [3.8, 4) is 0 Å². The van der Waals surface area contributed by atoms with E-state index < -0.39 is 0 Å². The van der Waals surface area contributed by atoms with Crippen LogP contribution in [0.15, 0.2) is 4.99 Å². The van der Waals surface area contributed by atoms with Crippen molar-refractivity contribution in [2.75, 3.05) is 13.1 Å². The molecule has 0 aromatic carbocycles. The van der Waals surface area contributed by atoms with Crippen LogP contribution < -0.4 is 16.4 Å². The average Bonchev–Trinajstić information content (AvgIpc) is 2.29. The fourth-order valence-electron chi connectivity index (χ4n) is 1.17. The molecule has 5 nitrogen and oxygen atoms in total. The number of hydrogen-bond donors (Lipinski definition) is 3. The van der Waals surface area contributed by atoms with E-state index in [0.717, 1.165) is 25.8 Å². The van der Waals surface area contributed by atoms with E-state index in [2.05, 4.69) is 22.5 Å². The third-order valence-electron chi connectivity index (χ3n) is 2.47. The maximum atomic E-state index is 11.4. The predicted molar refractivity (Wildman–Crippen MR) is 87.3 cm³/mol. The van der Waals surface area contributed by atoms with Crippen molar-refractivity contribution in [1.82, 2.24) is 10.6 Å². The summed E-state index contributed by atoms with van der Waals surface area (Å²) < 4.78 is 0. The summed E-state index contributed by atoms with van der Waals surface area (Å²) in [5.74, 6) is 0.475. The van der Waals surface area contributed by atoms with Crippen LogP contribution >= 0.6 is 24.0 Å². The number of carbonyl (C=O) groups excluding carboxylic acids is 1. The highest BCUT2D eigenvalue weighted by Crippen LogP contribution is 1.89. The average molecular weight is 370 g/mol. The highest BCUT2D eigenvalue weighted by Gasteiger charge is 2.04. The number of unbranched alkanes of at least 4 members (excludes halogenated alkanes) is 1. The van der Waals surface area contributed by atoms with Gasteiger partial charge in [0.1, 0.15) is 0 Å². The van der Waals surface area contributed by atoms with Crippen molar-refractivity contribution >= 4 is 35.8 Å². The largest absolute Gasteiger partial charge is 0.370 e. The van der Waals surface area contributed by atoms with Crippen LogP contribution in [0.25, 0.3) is 0 Å². The number of carbonyl (C=O) groups is 1. The molecule has 0 spiro atoms. The first-order valence-corrected chi connectivity index (χ1v) is 6.43. The Labute approximate surface area is 127 Å². The molecule has 0 aliphatic carbocycles. The van der Waals surface area contributed by atoms with Gasteiger partial charge in [-0.2, -0.15) is 0 Å². The van der Waals surface area contributed by atoms with Crippen molar-refractivity contribution in [2.45, 2.75) is 52.5 Å². The topological polar surface area (TPSA) is 79.5 Å². The zero-order chi connectivity index (χ0) is 13.1. The van der Waals surface area contributed by atoms with Crippen molar-refractivity contribution in [1.29, 1.82) is 0 Å². The van der Waals surface area contributed by atoms with Gasteiger partial charge >= 0.3 is 0 Å². The molecule has 0 heterocycles. The second-order valence-corrected chi connectivity index (χ2v) is 4.17. The Morgan fingerprint density at radius 2 is 2.06 bits per heavy atom. The molecule has 6 heteroatoms. The Bertz CT molecular complexity index is 246. The molecule has 0 saturated carbocycles. The highest BCUT2D eigenvalue weighted by molar-refractivity contribution is 14.0. The summed E-state index contributed by atoms with van der Waals surface area (Å²) in [5, 5.41) is 5.83. The van der Waals surface area contributed by atoms with Crippen LogP contribution in [-0.4, -0.2) is 31.0 Å². The van der Waals surface area contributed by atoms with Crippen molar-refractivity contribution < 1.29 is 4.79 Å². The first kappa shape index (κ1) is 19.8. The second kappa shape index (κ2) is 12.9. The zero-order valence-electron chi connectivity index (χ0n) is 11.7. The standard InChI is InChI=1S/C12H26N4O.HI/c1-4-6-8-14-12(13)15-9-7-11(17)16-10(3)5-2;/h10H,4-9H2,1-3H3,(H,16,17)(H3,13,14,15);1H. The molecule has 0 aliphatic heterocycles. The molecule has 108 valence electrons. The molecule has 18 heavy (non-hydrogen) atoms. The van der Waals surface area contributed by atoms with E-state index >= 15 is 0 Å². The molecular weight excluding hydrogens is 343 g/mol. The van der Waals surface area contributed by atoms with Gasteiger partial charge < -0.3 is 16.4 Å². The monoisotopic (exact) mass is 370 g/mol. The van der Waals surface area contributed by atoms with Gasteiger partial charge in [-0.3, -0.25) is 9.79 Å². The lowest BCUT2D eigenvalue weighted by Crippen LogP contribution is -2.37. The Morgan fingerprint density at radius 3 is 2.61 bits per heavy atom. The number of aliphatic imine (C=N–C) groups is 1. The SMILES string of the molecule is CCCCN=C(N)NCCC(=O)NC(C)CC.I. The number of halogens is 1. The Morgan fingerprint density at radius 1 is 1.39 bits per heavy atom. The minimum Gasteiger partial charge on any atom is -0.370 e. The van der Waals surface area contributed by atoms with Crippen LogP contribution in [0.1, 0.15) is 46.5 Å².